The number of phenols is 1. The average molecular weight is 271 g/mol. The van der Waals surface area contributed by atoms with Crippen LogP contribution in [0.25, 0.3) is 5.69 Å². The number of imide groups is 1. The third-order valence-corrected chi connectivity index (χ3v) is 3.04. The molecule has 2 heterocycles. The Bertz CT molecular complexity index is 823. The number of hydrogen-bond donors (Lipinski definition) is 3. The first-order valence-corrected chi connectivity index (χ1v) is 5.69. The van der Waals surface area contributed by atoms with Gasteiger partial charge in [0.15, 0.2) is 0 Å². The summed E-state index contributed by atoms with van der Waals surface area (Å²) in [6.07, 6.45) is 0. The van der Waals surface area contributed by atoms with E-state index in [2.05, 4.69) is 5.32 Å². The molecule has 7 nitrogen and oxygen atoms in total. The van der Waals surface area contributed by atoms with E-state index in [0.717, 1.165) is 10.6 Å². The van der Waals surface area contributed by atoms with E-state index >= 15 is 0 Å². The van der Waals surface area contributed by atoms with Crippen molar-refractivity contribution in [1.82, 2.24) is 9.88 Å². The standard InChI is InChI=1S/C13H9N3O4/c14-11-10-8(12(19)15-13(10)20)5-9(18)16(11)6-2-1-3-7(17)4-6/h1-5,17H,14H2,(H,15,19,20). The minimum absolute atomic E-state index is 0.0297. The number of nitrogens with zero attached hydrogens (tertiary/aromatic N) is 1. The summed E-state index contributed by atoms with van der Waals surface area (Å²) in [6.45, 7) is 0. The van der Waals surface area contributed by atoms with E-state index in [0.29, 0.717) is 5.69 Å². The number of carbonyl (C=O) groups is 2. The molecule has 0 radical (unpaired) electrons. The normalized spacial score (nSPS) is 13.2. The summed E-state index contributed by atoms with van der Waals surface area (Å²) in [7, 11) is 0. The molecule has 2 aromatic rings. The molecule has 0 atom stereocenters. The van der Waals surface area contributed by atoms with Crippen molar-refractivity contribution in [2.75, 3.05) is 5.73 Å². The third kappa shape index (κ3) is 1.57. The second kappa shape index (κ2) is 3.95. The third-order valence-electron chi connectivity index (χ3n) is 3.04. The quantitative estimate of drug-likeness (QED) is 0.632. The van der Waals surface area contributed by atoms with Crippen LogP contribution in [0.15, 0.2) is 35.1 Å². The molecule has 0 saturated heterocycles. The maximum Gasteiger partial charge on any atom is 0.262 e. The zero-order valence-corrected chi connectivity index (χ0v) is 10.1. The zero-order valence-electron chi connectivity index (χ0n) is 10.1. The first kappa shape index (κ1) is 12.0. The summed E-state index contributed by atoms with van der Waals surface area (Å²) in [5.41, 5.74) is 5.52. The first-order valence-electron chi connectivity index (χ1n) is 5.69. The molecule has 100 valence electrons. The van der Waals surface area contributed by atoms with Crippen LogP contribution >= 0.6 is 0 Å². The Balaban J connectivity index is 2.35. The van der Waals surface area contributed by atoms with Crippen LogP contribution in [0, 0.1) is 0 Å². The maximum absolute atomic E-state index is 12.1. The van der Waals surface area contributed by atoms with Crippen LogP contribution < -0.4 is 16.6 Å². The highest BCUT2D eigenvalue weighted by Crippen LogP contribution is 2.23. The van der Waals surface area contributed by atoms with E-state index in [1.54, 1.807) is 6.07 Å². The van der Waals surface area contributed by atoms with Crippen molar-refractivity contribution in [3.05, 3.63) is 51.8 Å². The molecule has 1 aromatic heterocycles. The Hall–Kier alpha value is -3.09. The molecule has 4 N–H and O–H groups in total. The van der Waals surface area contributed by atoms with Crippen LogP contribution in [-0.2, 0) is 0 Å². The lowest BCUT2D eigenvalue weighted by atomic mass is 10.1. The molecular formula is C13H9N3O4. The van der Waals surface area contributed by atoms with Gasteiger partial charge in [0.1, 0.15) is 11.6 Å². The molecule has 3 rings (SSSR count). The van der Waals surface area contributed by atoms with Crippen LogP contribution in [0.5, 0.6) is 5.75 Å². The molecule has 0 unspecified atom stereocenters. The molecule has 0 aliphatic carbocycles. The molecular weight excluding hydrogens is 262 g/mol. The average Bonchev–Trinajstić information content (AvgIpc) is 2.64. The summed E-state index contributed by atoms with van der Waals surface area (Å²) in [4.78, 5) is 35.3. The second-order valence-corrected chi connectivity index (χ2v) is 4.30. The Morgan fingerprint density at radius 1 is 1.10 bits per heavy atom. The van der Waals surface area contributed by atoms with Crippen LogP contribution in [0.1, 0.15) is 20.7 Å². The van der Waals surface area contributed by atoms with Crippen molar-refractivity contribution >= 4 is 17.6 Å². The lowest BCUT2D eigenvalue weighted by molar-refractivity contribution is 0.0880. The predicted octanol–water partition coefficient (Wildman–Crippen LogP) is 0.00890. The van der Waals surface area contributed by atoms with E-state index < -0.39 is 17.4 Å². The Labute approximate surface area is 112 Å². The van der Waals surface area contributed by atoms with Crippen molar-refractivity contribution in [3.8, 4) is 11.4 Å². The van der Waals surface area contributed by atoms with Gasteiger partial charge in [-0.3, -0.25) is 24.3 Å². The van der Waals surface area contributed by atoms with Gasteiger partial charge in [0.25, 0.3) is 17.4 Å². The summed E-state index contributed by atoms with van der Waals surface area (Å²) in [5.74, 6) is -1.47. The second-order valence-electron chi connectivity index (χ2n) is 4.30. The van der Waals surface area contributed by atoms with E-state index in [1.165, 1.54) is 18.2 Å². The van der Waals surface area contributed by atoms with E-state index in [1.807, 2.05) is 0 Å². The number of phenolic OH excluding ortho intramolecular Hbond substituents is 1. The topological polar surface area (TPSA) is 114 Å². The number of aromatic nitrogens is 1. The van der Waals surface area contributed by atoms with Crippen molar-refractivity contribution in [2.24, 2.45) is 0 Å². The first-order chi connectivity index (χ1) is 9.49. The largest absolute Gasteiger partial charge is 0.508 e. The van der Waals surface area contributed by atoms with Crippen LogP contribution in [0.4, 0.5) is 5.82 Å². The highest BCUT2D eigenvalue weighted by Gasteiger charge is 2.31. The van der Waals surface area contributed by atoms with Gasteiger partial charge in [0.2, 0.25) is 0 Å². The fourth-order valence-corrected chi connectivity index (χ4v) is 2.18. The fraction of sp³-hybridized carbons (Fsp3) is 0. The molecule has 1 aromatic carbocycles. The van der Waals surface area contributed by atoms with Gasteiger partial charge < -0.3 is 10.8 Å². The Morgan fingerprint density at radius 3 is 2.55 bits per heavy atom. The number of nitrogens with one attached hydrogen (secondary N) is 1. The molecule has 1 aliphatic heterocycles. The number of fused-ring (bicyclic) bond motifs is 1. The summed E-state index contributed by atoms with van der Waals surface area (Å²) < 4.78 is 1.07. The fourth-order valence-electron chi connectivity index (χ4n) is 2.18. The molecule has 0 fully saturated rings. The monoisotopic (exact) mass is 271 g/mol. The molecule has 0 bridgehead atoms. The number of aromatic hydroxyl groups is 1. The van der Waals surface area contributed by atoms with Gasteiger partial charge in [-0.25, -0.2) is 0 Å². The van der Waals surface area contributed by atoms with E-state index in [-0.39, 0.29) is 22.7 Å². The minimum Gasteiger partial charge on any atom is -0.508 e. The SMILES string of the molecule is Nc1c2c(cc(=O)n1-c1cccc(O)c1)C(=O)NC2=O. The van der Waals surface area contributed by atoms with Crippen molar-refractivity contribution in [2.45, 2.75) is 0 Å². The zero-order chi connectivity index (χ0) is 14.4. The van der Waals surface area contributed by atoms with Crippen molar-refractivity contribution < 1.29 is 14.7 Å². The predicted molar refractivity (Wildman–Crippen MR) is 69.9 cm³/mol. The van der Waals surface area contributed by atoms with Gasteiger partial charge in [-0.1, -0.05) is 6.07 Å². The molecule has 0 spiro atoms. The number of carbonyl (C=O) groups excluding carboxylic acids is 2. The lowest BCUT2D eigenvalue weighted by Gasteiger charge is -2.11. The Kier molecular flexibility index (Phi) is 2.37. The van der Waals surface area contributed by atoms with Crippen LogP contribution in [-0.4, -0.2) is 21.5 Å². The smallest absolute Gasteiger partial charge is 0.262 e. The number of hydrogen-bond acceptors (Lipinski definition) is 5. The van der Waals surface area contributed by atoms with Gasteiger partial charge in [-0.05, 0) is 12.1 Å². The van der Waals surface area contributed by atoms with Gasteiger partial charge >= 0.3 is 0 Å². The summed E-state index contributed by atoms with van der Waals surface area (Å²) in [6, 6.07) is 6.91. The van der Waals surface area contributed by atoms with Gasteiger partial charge in [0.05, 0.1) is 16.8 Å². The van der Waals surface area contributed by atoms with Gasteiger partial charge in [-0.15, -0.1) is 0 Å². The van der Waals surface area contributed by atoms with Crippen LogP contribution in [0.2, 0.25) is 0 Å². The number of benzene rings is 1. The van der Waals surface area contributed by atoms with Crippen molar-refractivity contribution in [1.29, 1.82) is 0 Å². The summed E-state index contributed by atoms with van der Waals surface area (Å²) >= 11 is 0. The number of nitrogen functional groups attached to an aromatic ring is 1. The number of anilines is 1. The number of nitrogens with two attached hydrogens (primary N) is 1. The number of amides is 2. The van der Waals surface area contributed by atoms with E-state index in [4.69, 9.17) is 5.73 Å². The molecule has 0 saturated carbocycles. The van der Waals surface area contributed by atoms with Crippen LogP contribution in [0.3, 0.4) is 0 Å². The minimum atomic E-state index is -0.642. The van der Waals surface area contributed by atoms with Gasteiger partial charge in [-0.2, -0.15) is 0 Å². The summed E-state index contributed by atoms with van der Waals surface area (Å²) in [5, 5.41) is 11.5. The molecule has 1 aliphatic rings. The van der Waals surface area contributed by atoms with Gasteiger partial charge in [0, 0.05) is 12.1 Å². The highest BCUT2D eigenvalue weighted by atomic mass is 16.3. The van der Waals surface area contributed by atoms with Crippen molar-refractivity contribution in [3.63, 3.8) is 0 Å². The molecule has 2 amide bonds. The van der Waals surface area contributed by atoms with E-state index in [9.17, 15) is 19.5 Å². The Morgan fingerprint density at radius 2 is 1.85 bits per heavy atom. The molecule has 20 heavy (non-hydrogen) atoms. The highest BCUT2D eigenvalue weighted by molar-refractivity contribution is 6.23. The maximum atomic E-state index is 12.1. The lowest BCUT2D eigenvalue weighted by Crippen LogP contribution is -2.24. The molecule has 7 heteroatoms. The number of rotatable bonds is 1. The number of pyridine rings is 1.